The van der Waals surface area contributed by atoms with Crippen LogP contribution in [0.4, 0.5) is 5.69 Å². The van der Waals surface area contributed by atoms with Crippen LogP contribution in [-0.4, -0.2) is 49.3 Å². The number of rotatable bonds is 5. The van der Waals surface area contributed by atoms with Gasteiger partial charge in [0.15, 0.2) is 5.11 Å². The van der Waals surface area contributed by atoms with Gasteiger partial charge in [0.1, 0.15) is 11.9 Å². The van der Waals surface area contributed by atoms with Gasteiger partial charge in [-0.3, -0.25) is 0 Å². The molecule has 1 heterocycles. The number of anilines is 1. The molecule has 0 aliphatic carbocycles. The summed E-state index contributed by atoms with van der Waals surface area (Å²) in [7, 11) is 1.98. The first-order valence-corrected chi connectivity index (χ1v) is 7.67. The van der Waals surface area contributed by atoms with Crippen LogP contribution >= 0.6 is 12.2 Å². The zero-order valence-corrected chi connectivity index (χ0v) is 13.5. The number of para-hydroxylation sites is 2. The van der Waals surface area contributed by atoms with E-state index in [1.54, 1.807) is 6.08 Å². The van der Waals surface area contributed by atoms with Crippen LogP contribution in [0.2, 0.25) is 0 Å². The molecule has 0 aromatic heterocycles. The summed E-state index contributed by atoms with van der Waals surface area (Å²) >= 11 is 5.34. The van der Waals surface area contributed by atoms with Gasteiger partial charge in [0.05, 0.1) is 18.8 Å². The molecule has 0 radical (unpaired) electrons. The summed E-state index contributed by atoms with van der Waals surface area (Å²) in [6, 6.07) is 8.19. The van der Waals surface area contributed by atoms with E-state index in [1.807, 2.05) is 30.1 Å². The molecule has 1 aliphatic heterocycles. The molecule has 0 saturated heterocycles. The molecular weight excluding hydrogens is 282 g/mol. The minimum absolute atomic E-state index is 0.105. The topological polar surface area (TPSA) is 27.7 Å². The zero-order valence-electron chi connectivity index (χ0n) is 12.7. The van der Waals surface area contributed by atoms with Crippen LogP contribution in [0, 0.1) is 0 Å². The summed E-state index contributed by atoms with van der Waals surface area (Å²) in [6.07, 6.45) is 1.90. The second-order valence-corrected chi connectivity index (χ2v) is 5.49. The Bertz CT molecular complexity index is 506. The highest BCUT2D eigenvalue weighted by atomic mass is 32.1. The predicted molar refractivity (Wildman–Crippen MR) is 92.2 cm³/mol. The van der Waals surface area contributed by atoms with Crippen LogP contribution in [0.3, 0.4) is 0 Å². The summed E-state index contributed by atoms with van der Waals surface area (Å²) < 4.78 is 6.10. The van der Waals surface area contributed by atoms with Crippen LogP contribution in [-0.2, 0) is 0 Å². The van der Waals surface area contributed by atoms with Crippen molar-refractivity contribution >= 4 is 23.0 Å². The smallest absolute Gasteiger partial charge is 0.169 e. The Morgan fingerprint density at radius 1 is 1.57 bits per heavy atom. The van der Waals surface area contributed by atoms with Crippen LogP contribution in [0.15, 0.2) is 36.9 Å². The van der Waals surface area contributed by atoms with Gasteiger partial charge in [-0.1, -0.05) is 18.2 Å². The third-order valence-electron chi connectivity index (χ3n) is 3.53. The van der Waals surface area contributed by atoms with Gasteiger partial charge in [-0.2, -0.15) is 0 Å². The molecule has 1 N–H and O–H groups in total. The molecule has 5 heteroatoms. The molecule has 114 valence electrons. The average Bonchev–Trinajstić information content (AvgIpc) is 2.51. The fourth-order valence-corrected chi connectivity index (χ4v) is 2.61. The van der Waals surface area contributed by atoms with Crippen LogP contribution in [0.25, 0.3) is 0 Å². The number of thiocarbonyl (C=S) groups is 1. The Morgan fingerprint density at radius 3 is 3.05 bits per heavy atom. The van der Waals surface area contributed by atoms with Gasteiger partial charge >= 0.3 is 0 Å². The summed E-state index contributed by atoms with van der Waals surface area (Å²) in [5.74, 6) is 0.953. The van der Waals surface area contributed by atoms with Gasteiger partial charge in [-0.25, -0.2) is 0 Å². The molecule has 1 aromatic carbocycles. The summed E-state index contributed by atoms with van der Waals surface area (Å²) in [4.78, 5) is 4.36. The SMILES string of the molecule is C=CCNC(=S)N(C)C[C@H]1CN(CC)c2ccccc2O1. The van der Waals surface area contributed by atoms with Gasteiger partial charge in [-0.15, -0.1) is 6.58 Å². The van der Waals surface area contributed by atoms with E-state index in [1.165, 1.54) is 5.69 Å². The van der Waals surface area contributed by atoms with Gasteiger partial charge in [0.25, 0.3) is 0 Å². The molecule has 0 saturated carbocycles. The minimum Gasteiger partial charge on any atom is -0.485 e. The molecule has 0 bridgehead atoms. The molecule has 0 unspecified atom stereocenters. The van der Waals surface area contributed by atoms with Crippen LogP contribution in [0.1, 0.15) is 6.92 Å². The van der Waals surface area contributed by atoms with E-state index in [4.69, 9.17) is 17.0 Å². The van der Waals surface area contributed by atoms with E-state index in [0.717, 1.165) is 30.5 Å². The Morgan fingerprint density at radius 2 is 2.33 bits per heavy atom. The first-order valence-electron chi connectivity index (χ1n) is 7.26. The quantitative estimate of drug-likeness (QED) is 0.665. The highest BCUT2D eigenvalue weighted by Gasteiger charge is 2.25. The van der Waals surface area contributed by atoms with Gasteiger partial charge in [-0.05, 0) is 31.3 Å². The van der Waals surface area contributed by atoms with Gasteiger partial charge in [0, 0.05) is 20.1 Å². The maximum atomic E-state index is 6.10. The number of ether oxygens (including phenoxy) is 1. The van der Waals surface area contributed by atoms with Crippen molar-refractivity contribution in [3.8, 4) is 5.75 Å². The molecule has 1 aliphatic rings. The second kappa shape index (κ2) is 7.31. The lowest BCUT2D eigenvalue weighted by Gasteiger charge is -2.37. The highest BCUT2D eigenvalue weighted by Crippen LogP contribution is 2.32. The first kappa shape index (κ1) is 15.6. The predicted octanol–water partition coefficient (Wildman–Crippen LogP) is 2.27. The number of hydrogen-bond acceptors (Lipinski definition) is 3. The van der Waals surface area contributed by atoms with Gasteiger partial charge < -0.3 is 19.9 Å². The molecule has 0 spiro atoms. The Kier molecular flexibility index (Phi) is 5.44. The summed E-state index contributed by atoms with van der Waals surface area (Å²) in [5.41, 5.74) is 1.17. The number of nitrogens with one attached hydrogen (secondary N) is 1. The highest BCUT2D eigenvalue weighted by molar-refractivity contribution is 7.80. The maximum Gasteiger partial charge on any atom is 0.169 e. The molecule has 21 heavy (non-hydrogen) atoms. The van der Waals surface area contributed by atoms with E-state index < -0.39 is 0 Å². The summed E-state index contributed by atoms with van der Waals surface area (Å²) in [6.45, 7) is 9.13. The summed E-state index contributed by atoms with van der Waals surface area (Å²) in [5, 5.41) is 3.86. The number of fused-ring (bicyclic) bond motifs is 1. The van der Waals surface area contributed by atoms with E-state index in [-0.39, 0.29) is 6.10 Å². The number of likely N-dealkylation sites (N-methyl/N-ethyl adjacent to an activating group) is 2. The molecule has 1 atom stereocenters. The van der Waals surface area contributed by atoms with Crippen molar-refractivity contribution in [3.05, 3.63) is 36.9 Å². The van der Waals surface area contributed by atoms with Crippen molar-refractivity contribution in [1.82, 2.24) is 10.2 Å². The van der Waals surface area contributed by atoms with Crippen LogP contribution in [0.5, 0.6) is 5.75 Å². The average molecular weight is 305 g/mol. The standard InChI is InChI=1S/C16H23N3OS/c1-4-10-17-16(21)18(3)11-13-12-19(5-2)14-8-6-7-9-15(14)20-13/h4,6-9,13H,1,5,10-12H2,2-3H3,(H,17,21)/t13-/m0/s1. The fourth-order valence-electron chi connectivity index (χ4n) is 2.46. The second-order valence-electron chi connectivity index (χ2n) is 5.10. The van der Waals surface area contributed by atoms with Crippen molar-refractivity contribution < 1.29 is 4.74 Å². The molecular formula is C16H23N3OS. The lowest BCUT2D eigenvalue weighted by atomic mass is 10.2. The third-order valence-corrected chi connectivity index (χ3v) is 3.98. The molecule has 2 rings (SSSR count). The van der Waals surface area contributed by atoms with E-state index in [9.17, 15) is 0 Å². The Balaban J connectivity index is 2.00. The fraction of sp³-hybridized carbons (Fsp3) is 0.438. The van der Waals surface area contributed by atoms with Crippen molar-refractivity contribution in [2.75, 3.05) is 38.1 Å². The van der Waals surface area contributed by atoms with E-state index >= 15 is 0 Å². The first-order chi connectivity index (χ1) is 10.2. The number of nitrogens with zero attached hydrogens (tertiary/aromatic N) is 2. The lowest BCUT2D eigenvalue weighted by Crippen LogP contribution is -2.48. The number of benzene rings is 1. The monoisotopic (exact) mass is 305 g/mol. The number of hydrogen-bond donors (Lipinski definition) is 1. The van der Waals surface area contributed by atoms with E-state index in [2.05, 4.69) is 29.8 Å². The zero-order chi connectivity index (χ0) is 15.2. The Hall–Kier alpha value is -1.75. The van der Waals surface area contributed by atoms with Crippen molar-refractivity contribution in [1.29, 1.82) is 0 Å². The maximum absolute atomic E-state index is 6.10. The van der Waals surface area contributed by atoms with Gasteiger partial charge in [0.2, 0.25) is 0 Å². The molecule has 1 aromatic rings. The molecule has 0 fully saturated rings. The van der Waals surface area contributed by atoms with E-state index in [0.29, 0.717) is 6.54 Å². The minimum atomic E-state index is 0.105. The van der Waals surface area contributed by atoms with Crippen molar-refractivity contribution in [2.24, 2.45) is 0 Å². The normalized spacial score (nSPS) is 16.7. The Labute approximate surface area is 132 Å². The van der Waals surface area contributed by atoms with Crippen molar-refractivity contribution in [2.45, 2.75) is 13.0 Å². The van der Waals surface area contributed by atoms with Crippen LogP contribution < -0.4 is 15.0 Å². The largest absolute Gasteiger partial charge is 0.485 e. The van der Waals surface area contributed by atoms with Crippen molar-refractivity contribution in [3.63, 3.8) is 0 Å². The molecule has 0 amide bonds. The lowest BCUT2D eigenvalue weighted by molar-refractivity contribution is 0.168. The molecule has 4 nitrogen and oxygen atoms in total. The third kappa shape index (κ3) is 3.88.